The Morgan fingerprint density at radius 3 is 2.74 bits per heavy atom. The Kier molecular flexibility index (Phi) is 5.93. The van der Waals surface area contributed by atoms with E-state index >= 15 is 0 Å². The highest BCUT2D eigenvalue weighted by Gasteiger charge is 2.24. The molecule has 5 aromatic rings. The van der Waals surface area contributed by atoms with Crippen LogP contribution >= 0.6 is 11.8 Å². The molecule has 0 fully saturated rings. The number of nitrogens with one attached hydrogen (secondary N) is 1. The van der Waals surface area contributed by atoms with E-state index in [0.717, 1.165) is 16.3 Å². The van der Waals surface area contributed by atoms with E-state index in [9.17, 15) is 4.79 Å². The first-order chi connectivity index (χ1) is 17.0. The molecule has 35 heavy (non-hydrogen) atoms. The molecule has 13 nitrogen and oxygen atoms in total. The average molecular weight is 490 g/mol. The van der Waals surface area contributed by atoms with Crippen LogP contribution in [0.2, 0.25) is 0 Å². The first kappa shape index (κ1) is 22.2. The SMILES string of the molecule is C/C(=N/NC(=O)c1nnn(-c2nonc2N)c1CSc1nncn1C)c1ccc2ccccc2c1. The van der Waals surface area contributed by atoms with Gasteiger partial charge in [0.05, 0.1) is 11.4 Å². The summed E-state index contributed by atoms with van der Waals surface area (Å²) in [7, 11) is 1.81. The van der Waals surface area contributed by atoms with Gasteiger partial charge in [0.1, 0.15) is 6.33 Å². The van der Waals surface area contributed by atoms with Crippen LogP contribution < -0.4 is 11.2 Å². The van der Waals surface area contributed by atoms with Crippen molar-refractivity contribution in [3.8, 4) is 5.82 Å². The number of rotatable bonds is 7. The molecule has 0 saturated carbocycles. The summed E-state index contributed by atoms with van der Waals surface area (Å²) < 4.78 is 7.74. The zero-order valence-corrected chi connectivity index (χ0v) is 19.5. The number of carbonyl (C=O) groups excluding carboxylic acids is 1. The Balaban J connectivity index is 1.41. The standard InChI is InChI=1S/C21H19N11O2S/c1-12(14-8-7-13-5-3-4-6-15(13)9-14)24-26-20(33)17-16(10-35-21-27-23-11-31(21)2)32(30-25-17)19-18(22)28-34-29-19/h3-9,11H,10H2,1-2H3,(H2,22,28)(H,26,33)/b24-12-. The van der Waals surface area contributed by atoms with Gasteiger partial charge in [-0.1, -0.05) is 53.4 Å². The summed E-state index contributed by atoms with van der Waals surface area (Å²) >= 11 is 1.34. The van der Waals surface area contributed by atoms with Crippen LogP contribution in [0.1, 0.15) is 28.7 Å². The predicted molar refractivity (Wildman–Crippen MR) is 128 cm³/mol. The Morgan fingerprint density at radius 2 is 2.00 bits per heavy atom. The van der Waals surface area contributed by atoms with Crippen LogP contribution in [0.25, 0.3) is 16.6 Å². The summed E-state index contributed by atoms with van der Waals surface area (Å²) in [6.07, 6.45) is 1.58. The number of thioether (sulfide) groups is 1. The highest BCUT2D eigenvalue weighted by atomic mass is 32.2. The van der Waals surface area contributed by atoms with Gasteiger partial charge < -0.3 is 10.3 Å². The Bertz CT molecular complexity index is 1550. The van der Waals surface area contributed by atoms with Gasteiger partial charge in [-0.15, -0.1) is 15.3 Å². The molecule has 0 radical (unpaired) electrons. The average Bonchev–Trinajstić information content (AvgIpc) is 3.60. The number of aryl methyl sites for hydroxylation is 1. The quantitative estimate of drug-likeness (QED) is 0.196. The molecule has 3 N–H and O–H groups in total. The summed E-state index contributed by atoms with van der Waals surface area (Å²) in [4.78, 5) is 13.0. The van der Waals surface area contributed by atoms with Gasteiger partial charge in [0, 0.05) is 12.8 Å². The van der Waals surface area contributed by atoms with Gasteiger partial charge in [0.15, 0.2) is 10.9 Å². The molecule has 0 atom stereocenters. The third kappa shape index (κ3) is 4.46. The number of nitrogens with two attached hydrogens (primary N) is 1. The van der Waals surface area contributed by atoms with Crippen LogP contribution in [-0.4, -0.2) is 51.7 Å². The molecule has 3 aromatic heterocycles. The minimum absolute atomic E-state index is 0.0111. The van der Waals surface area contributed by atoms with E-state index in [1.54, 1.807) is 10.9 Å². The van der Waals surface area contributed by atoms with Crippen molar-refractivity contribution in [1.29, 1.82) is 0 Å². The largest absolute Gasteiger partial charge is 0.378 e. The van der Waals surface area contributed by atoms with E-state index < -0.39 is 5.91 Å². The number of anilines is 1. The molecule has 0 aliphatic rings. The van der Waals surface area contributed by atoms with Crippen LogP contribution in [0.5, 0.6) is 0 Å². The number of amides is 1. The normalized spacial score (nSPS) is 11.8. The van der Waals surface area contributed by atoms with Gasteiger partial charge in [-0.2, -0.15) is 9.78 Å². The number of aromatic nitrogens is 8. The van der Waals surface area contributed by atoms with Crippen LogP contribution in [-0.2, 0) is 12.8 Å². The lowest BCUT2D eigenvalue weighted by Gasteiger charge is -2.06. The van der Waals surface area contributed by atoms with Crippen LogP contribution in [0, 0.1) is 0 Å². The van der Waals surface area contributed by atoms with Gasteiger partial charge in [0.2, 0.25) is 11.6 Å². The van der Waals surface area contributed by atoms with E-state index in [2.05, 4.69) is 46.0 Å². The van der Waals surface area contributed by atoms with Gasteiger partial charge in [-0.05, 0) is 39.6 Å². The first-order valence-electron chi connectivity index (χ1n) is 10.3. The molecule has 14 heteroatoms. The van der Waals surface area contributed by atoms with Crippen molar-refractivity contribution in [2.24, 2.45) is 12.1 Å². The molecule has 0 spiro atoms. The van der Waals surface area contributed by atoms with E-state index in [4.69, 9.17) is 5.73 Å². The predicted octanol–water partition coefficient (Wildman–Crippen LogP) is 1.96. The van der Waals surface area contributed by atoms with Gasteiger partial charge in [-0.3, -0.25) is 4.79 Å². The van der Waals surface area contributed by atoms with Crippen molar-refractivity contribution < 1.29 is 9.42 Å². The maximum absolute atomic E-state index is 13.0. The van der Waals surface area contributed by atoms with E-state index in [1.165, 1.54) is 16.4 Å². The second-order valence-corrected chi connectivity index (χ2v) is 8.43. The first-order valence-corrected chi connectivity index (χ1v) is 11.3. The zero-order valence-electron chi connectivity index (χ0n) is 18.7. The number of nitrogen functional groups attached to an aromatic ring is 1. The number of hydrogen-bond donors (Lipinski definition) is 2. The molecule has 3 heterocycles. The lowest BCUT2D eigenvalue weighted by molar-refractivity contribution is 0.0949. The van der Waals surface area contributed by atoms with Gasteiger partial charge >= 0.3 is 0 Å². The molecular formula is C21H19N11O2S. The Morgan fingerprint density at radius 1 is 1.17 bits per heavy atom. The number of fused-ring (bicyclic) bond motifs is 1. The number of hydrogen-bond acceptors (Lipinski definition) is 11. The topological polar surface area (TPSA) is 168 Å². The Labute approximate surface area is 202 Å². The third-order valence-corrected chi connectivity index (χ3v) is 6.22. The summed E-state index contributed by atoms with van der Waals surface area (Å²) in [6, 6.07) is 14.0. The number of benzene rings is 2. The fourth-order valence-electron chi connectivity index (χ4n) is 3.32. The van der Waals surface area contributed by atoms with Crippen molar-refractivity contribution in [2.75, 3.05) is 5.73 Å². The summed E-state index contributed by atoms with van der Waals surface area (Å²) in [5.74, 6) is -0.139. The number of hydrazone groups is 1. The minimum Gasteiger partial charge on any atom is -0.378 e. The minimum atomic E-state index is -0.542. The second-order valence-electron chi connectivity index (χ2n) is 7.48. The van der Waals surface area contributed by atoms with Crippen molar-refractivity contribution in [1.82, 2.24) is 45.5 Å². The van der Waals surface area contributed by atoms with Crippen LogP contribution in [0.15, 0.2) is 63.7 Å². The highest BCUT2D eigenvalue weighted by molar-refractivity contribution is 7.98. The molecule has 0 aliphatic carbocycles. The second kappa shape index (κ2) is 9.34. The summed E-state index contributed by atoms with van der Waals surface area (Å²) in [6.45, 7) is 1.81. The molecular weight excluding hydrogens is 470 g/mol. The van der Waals surface area contributed by atoms with E-state index in [1.807, 2.05) is 56.4 Å². The smallest absolute Gasteiger partial charge is 0.293 e. The number of carbonyl (C=O) groups is 1. The fourth-order valence-corrected chi connectivity index (χ4v) is 4.20. The van der Waals surface area contributed by atoms with Crippen molar-refractivity contribution >= 4 is 40.0 Å². The van der Waals surface area contributed by atoms with Gasteiger partial charge in [-0.25, -0.2) is 10.1 Å². The monoisotopic (exact) mass is 489 g/mol. The van der Waals surface area contributed by atoms with E-state index in [0.29, 0.717) is 16.6 Å². The molecule has 1 amide bonds. The van der Waals surface area contributed by atoms with E-state index in [-0.39, 0.29) is 23.1 Å². The zero-order chi connectivity index (χ0) is 24.4. The van der Waals surface area contributed by atoms with Gasteiger partial charge in [0.25, 0.3) is 5.91 Å². The number of nitrogens with zero attached hydrogens (tertiary/aromatic N) is 9. The maximum atomic E-state index is 13.0. The maximum Gasteiger partial charge on any atom is 0.293 e. The van der Waals surface area contributed by atoms with Crippen LogP contribution in [0.3, 0.4) is 0 Å². The molecule has 0 saturated heterocycles. The highest BCUT2D eigenvalue weighted by Crippen LogP contribution is 2.24. The molecule has 0 unspecified atom stereocenters. The molecule has 176 valence electrons. The lowest BCUT2D eigenvalue weighted by atomic mass is 10.0. The molecule has 5 rings (SSSR count). The summed E-state index contributed by atoms with van der Waals surface area (Å²) in [5.41, 5.74) is 10.4. The summed E-state index contributed by atoms with van der Waals surface area (Å²) in [5, 5.41) is 30.4. The van der Waals surface area contributed by atoms with Crippen molar-refractivity contribution in [2.45, 2.75) is 17.8 Å². The molecule has 0 aliphatic heterocycles. The lowest BCUT2D eigenvalue weighted by Crippen LogP contribution is -2.21. The van der Waals surface area contributed by atoms with Crippen LogP contribution in [0.4, 0.5) is 5.82 Å². The molecule has 0 bridgehead atoms. The third-order valence-electron chi connectivity index (χ3n) is 5.17. The Hall–Kier alpha value is -4.59. The van der Waals surface area contributed by atoms with Crippen molar-refractivity contribution in [3.05, 3.63) is 65.7 Å². The molecule has 2 aromatic carbocycles. The van der Waals surface area contributed by atoms with Crippen molar-refractivity contribution in [3.63, 3.8) is 0 Å². The fraction of sp³-hybridized carbons (Fsp3) is 0.143.